The van der Waals surface area contributed by atoms with Crippen molar-refractivity contribution in [3.8, 4) is 0 Å². The van der Waals surface area contributed by atoms with E-state index in [0.29, 0.717) is 26.1 Å². The summed E-state index contributed by atoms with van der Waals surface area (Å²) in [5, 5.41) is 4.23. The zero-order valence-electron chi connectivity index (χ0n) is 12.7. The molecule has 5 nitrogen and oxygen atoms in total. The van der Waals surface area contributed by atoms with Crippen LogP contribution in [0.1, 0.15) is 11.3 Å². The molecule has 0 unspecified atom stereocenters. The number of rotatable bonds is 8. The molecule has 116 valence electrons. The van der Waals surface area contributed by atoms with E-state index in [1.807, 2.05) is 6.92 Å². The normalized spacial score (nSPS) is 10.4. The highest BCUT2D eigenvalue weighted by atomic mass is 32.1. The van der Waals surface area contributed by atoms with Gasteiger partial charge in [0.25, 0.3) is 0 Å². The molecule has 0 saturated heterocycles. The summed E-state index contributed by atoms with van der Waals surface area (Å²) < 4.78 is 0. The fourth-order valence-electron chi connectivity index (χ4n) is 2.15. The van der Waals surface area contributed by atoms with Gasteiger partial charge >= 0.3 is 0 Å². The van der Waals surface area contributed by atoms with Crippen LogP contribution in [0.15, 0.2) is 37.7 Å². The molecular formula is C16H20N4OS. The highest BCUT2D eigenvalue weighted by Crippen LogP contribution is 2.27. The summed E-state index contributed by atoms with van der Waals surface area (Å²) in [5.74, 6) is 0.847. The van der Waals surface area contributed by atoms with E-state index in [1.165, 1.54) is 4.88 Å². The number of carbonyl (C=O) groups excluding carboxylic acids is 1. The van der Waals surface area contributed by atoms with E-state index in [2.05, 4.69) is 34.5 Å². The highest BCUT2D eigenvalue weighted by molar-refractivity contribution is 7.18. The number of anilines is 1. The summed E-state index contributed by atoms with van der Waals surface area (Å²) >= 11 is 1.64. The lowest BCUT2D eigenvalue weighted by Gasteiger charge is -2.19. The summed E-state index contributed by atoms with van der Waals surface area (Å²) in [5.41, 5.74) is 0. The zero-order valence-corrected chi connectivity index (χ0v) is 13.5. The average molecular weight is 316 g/mol. The number of amides is 1. The molecule has 0 aliphatic carbocycles. The Morgan fingerprint density at radius 2 is 2.09 bits per heavy atom. The first kappa shape index (κ1) is 16.2. The van der Waals surface area contributed by atoms with Crippen molar-refractivity contribution in [2.24, 2.45) is 0 Å². The van der Waals surface area contributed by atoms with Crippen LogP contribution in [-0.2, 0) is 4.79 Å². The van der Waals surface area contributed by atoms with Crippen molar-refractivity contribution in [2.45, 2.75) is 13.3 Å². The van der Waals surface area contributed by atoms with Gasteiger partial charge in [-0.15, -0.1) is 24.5 Å². The Kier molecular flexibility index (Phi) is 5.66. The number of hydrogen-bond donors (Lipinski definition) is 1. The minimum absolute atomic E-state index is 0.0686. The first-order valence-electron chi connectivity index (χ1n) is 7.10. The van der Waals surface area contributed by atoms with Crippen molar-refractivity contribution >= 4 is 33.3 Å². The van der Waals surface area contributed by atoms with E-state index >= 15 is 0 Å². The fraction of sp³-hybridized carbons (Fsp3) is 0.312. The third kappa shape index (κ3) is 3.92. The van der Waals surface area contributed by atoms with Crippen molar-refractivity contribution in [1.29, 1.82) is 0 Å². The monoisotopic (exact) mass is 316 g/mol. The predicted octanol–water partition coefficient (Wildman–Crippen LogP) is 3.00. The number of nitrogens with one attached hydrogen (secondary N) is 1. The van der Waals surface area contributed by atoms with Crippen molar-refractivity contribution in [3.05, 3.63) is 42.6 Å². The minimum atomic E-state index is 0.0686. The minimum Gasteiger partial charge on any atom is -0.369 e. The Hall–Kier alpha value is -2.21. The van der Waals surface area contributed by atoms with Crippen LogP contribution in [0.2, 0.25) is 0 Å². The van der Waals surface area contributed by atoms with Gasteiger partial charge in [-0.1, -0.05) is 12.2 Å². The summed E-state index contributed by atoms with van der Waals surface area (Å²) in [6, 6.07) is 2.06. The molecule has 2 aromatic rings. The van der Waals surface area contributed by atoms with E-state index < -0.39 is 0 Å². The van der Waals surface area contributed by atoms with Gasteiger partial charge in [0.1, 0.15) is 17.0 Å². The van der Waals surface area contributed by atoms with Crippen LogP contribution in [-0.4, -0.2) is 40.4 Å². The maximum Gasteiger partial charge on any atom is 0.224 e. The molecule has 0 spiro atoms. The molecule has 0 aromatic carbocycles. The molecule has 0 saturated carbocycles. The number of aryl methyl sites for hydroxylation is 1. The summed E-state index contributed by atoms with van der Waals surface area (Å²) in [7, 11) is 0. The maximum absolute atomic E-state index is 12.1. The van der Waals surface area contributed by atoms with Gasteiger partial charge in [0.05, 0.1) is 5.39 Å². The van der Waals surface area contributed by atoms with E-state index in [4.69, 9.17) is 0 Å². The molecule has 6 heteroatoms. The van der Waals surface area contributed by atoms with Gasteiger partial charge in [0.15, 0.2) is 0 Å². The highest BCUT2D eigenvalue weighted by Gasteiger charge is 2.11. The largest absolute Gasteiger partial charge is 0.369 e. The molecular weight excluding hydrogens is 296 g/mol. The van der Waals surface area contributed by atoms with Crippen LogP contribution in [0.5, 0.6) is 0 Å². The molecule has 22 heavy (non-hydrogen) atoms. The van der Waals surface area contributed by atoms with Crippen LogP contribution in [0.3, 0.4) is 0 Å². The zero-order chi connectivity index (χ0) is 15.9. The molecule has 0 fully saturated rings. The fourth-order valence-corrected chi connectivity index (χ4v) is 3.00. The van der Waals surface area contributed by atoms with Crippen molar-refractivity contribution in [1.82, 2.24) is 14.9 Å². The van der Waals surface area contributed by atoms with Gasteiger partial charge in [-0.2, -0.15) is 0 Å². The second-order valence-electron chi connectivity index (χ2n) is 4.85. The van der Waals surface area contributed by atoms with Crippen LogP contribution in [0.4, 0.5) is 5.82 Å². The molecule has 1 N–H and O–H groups in total. The summed E-state index contributed by atoms with van der Waals surface area (Å²) in [6.07, 6.45) is 5.38. The number of nitrogens with zero attached hydrogens (tertiary/aromatic N) is 3. The Morgan fingerprint density at radius 3 is 2.77 bits per heavy atom. The molecule has 2 heterocycles. The molecule has 0 atom stereocenters. The Bertz CT molecular complexity index is 670. The first-order chi connectivity index (χ1) is 10.7. The molecule has 0 aliphatic heterocycles. The third-order valence-corrected chi connectivity index (χ3v) is 4.09. The van der Waals surface area contributed by atoms with Crippen LogP contribution < -0.4 is 5.32 Å². The third-order valence-electron chi connectivity index (χ3n) is 3.14. The van der Waals surface area contributed by atoms with Gasteiger partial charge in [-0.3, -0.25) is 4.79 Å². The lowest BCUT2D eigenvalue weighted by atomic mass is 10.3. The Labute approximate surface area is 134 Å². The van der Waals surface area contributed by atoms with Gasteiger partial charge < -0.3 is 10.2 Å². The second-order valence-corrected chi connectivity index (χ2v) is 6.09. The number of thiophene rings is 1. The van der Waals surface area contributed by atoms with Gasteiger partial charge in [-0.05, 0) is 13.0 Å². The van der Waals surface area contributed by atoms with E-state index in [-0.39, 0.29) is 5.91 Å². The summed E-state index contributed by atoms with van der Waals surface area (Å²) in [4.78, 5) is 24.5. The molecule has 2 aromatic heterocycles. The quantitative estimate of drug-likeness (QED) is 0.761. The average Bonchev–Trinajstić information content (AvgIpc) is 2.88. The maximum atomic E-state index is 12.1. The number of aromatic nitrogens is 2. The predicted molar refractivity (Wildman–Crippen MR) is 92.2 cm³/mol. The van der Waals surface area contributed by atoms with E-state index in [0.717, 1.165) is 16.0 Å². The second kappa shape index (κ2) is 7.70. The topological polar surface area (TPSA) is 58.1 Å². The Morgan fingerprint density at radius 1 is 1.36 bits per heavy atom. The van der Waals surface area contributed by atoms with Crippen LogP contribution in [0.25, 0.3) is 10.2 Å². The SMILES string of the molecule is C=CCN(CC=C)C(=O)CCNc1ncnc2sc(C)cc12. The molecule has 0 radical (unpaired) electrons. The number of carbonyl (C=O) groups is 1. The lowest BCUT2D eigenvalue weighted by molar-refractivity contribution is -0.129. The molecule has 0 bridgehead atoms. The van der Waals surface area contributed by atoms with Gasteiger partial charge in [-0.25, -0.2) is 9.97 Å². The summed E-state index contributed by atoms with van der Waals surface area (Å²) in [6.45, 7) is 11.0. The molecule has 1 amide bonds. The molecule has 0 aliphatic rings. The number of hydrogen-bond acceptors (Lipinski definition) is 5. The van der Waals surface area contributed by atoms with Crippen LogP contribution in [0, 0.1) is 6.92 Å². The van der Waals surface area contributed by atoms with Crippen LogP contribution >= 0.6 is 11.3 Å². The van der Waals surface area contributed by atoms with Crippen molar-refractivity contribution < 1.29 is 4.79 Å². The van der Waals surface area contributed by atoms with E-state index in [1.54, 1.807) is 34.7 Å². The lowest BCUT2D eigenvalue weighted by Crippen LogP contribution is -2.32. The van der Waals surface area contributed by atoms with Gasteiger partial charge in [0, 0.05) is 30.9 Å². The Balaban J connectivity index is 1.95. The number of fused-ring (bicyclic) bond motifs is 1. The standard InChI is InChI=1S/C16H20N4OS/c1-4-8-20(9-5-2)14(21)6-7-17-15-13-10-12(3)22-16(13)19-11-18-15/h4-5,10-11H,1-2,6-9H2,3H3,(H,17,18,19). The smallest absolute Gasteiger partial charge is 0.224 e. The molecule has 2 rings (SSSR count). The van der Waals surface area contributed by atoms with Gasteiger partial charge in [0.2, 0.25) is 5.91 Å². The van der Waals surface area contributed by atoms with E-state index in [9.17, 15) is 4.79 Å². The first-order valence-corrected chi connectivity index (χ1v) is 7.92. The van der Waals surface area contributed by atoms with Crippen molar-refractivity contribution in [2.75, 3.05) is 25.0 Å². The van der Waals surface area contributed by atoms with Crippen molar-refractivity contribution in [3.63, 3.8) is 0 Å².